The maximum absolute atomic E-state index is 5.96. The molecule has 3 rings (SSSR count). The first-order valence-electron chi connectivity index (χ1n) is 6.42. The Morgan fingerprint density at radius 2 is 2.05 bits per heavy atom. The van der Waals surface area contributed by atoms with Crippen molar-refractivity contribution in [1.82, 2.24) is 5.16 Å². The maximum atomic E-state index is 5.96. The first kappa shape index (κ1) is 14.4. The number of rotatable bonds is 4. The number of hydrogen-bond donors (Lipinski definition) is 1. The first-order chi connectivity index (χ1) is 10.2. The van der Waals surface area contributed by atoms with Gasteiger partial charge in [-0.15, -0.1) is 11.3 Å². The van der Waals surface area contributed by atoms with Gasteiger partial charge in [0.1, 0.15) is 11.4 Å². The molecule has 1 aromatic carbocycles. The van der Waals surface area contributed by atoms with E-state index in [0.29, 0.717) is 12.5 Å². The quantitative estimate of drug-likeness (QED) is 0.634. The third-order valence-corrected chi connectivity index (χ3v) is 4.80. The van der Waals surface area contributed by atoms with E-state index in [1.165, 1.54) is 2.88 Å². The molecule has 0 fully saturated rings. The van der Waals surface area contributed by atoms with E-state index in [-0.39, 0.29) is 0 Å². The molecule has 0 saturated heterocycles. The summed E-state index contributed by atoms with van der Waals surface area (Å²) in [4.78, 5) is 0. The summed E-state index contributed by atoms with van der Waals surface area (Å²) < 4.78 is 11.8. The summed E-state index contributed by atoms with van der Waals surface area (Å²) in [6.07, 6.45) is 0. The van der Waals surface area contributed by atoms with Gasteiger partial charge < -0.3 is 15.0 Å². The van der Waals surface area contributed by atoms with E-state index in [2.05, 4.69) is 39.2 Å². The summed E-state index contributed by atoms with van der Waals surface area (Å²) >= 11 is 3.95. The van der Waals surface area contributed by atoms with Gasteiger partial charge in [0.2, 0.25) is 5.88 Å². The standard InChI is InChI=1S/C15H13IN2O2S/c1-2-19-11-5-3-9(4-6-11)13-14(18-20-15(13)17)10-7-12(16)21-8-10/h3-8H,2,17H2,1H3. The monoisotopic (exact) mass is 412 g/mol. The molecule has 0 unspecified atom stereocenters. The van der Waals surface area contributed by atoms with E-state index >= 15 is 0 Å². The van der Waals surface area contributed by atoms with Crippen LogP contribution in [0.2, 0.25) is 0 Å². The van der Waals surface area contributed by atoms with Crippen LogP contribution in [0.25, 0.3) is 22.4 Å². The summed E-state index contributed by atoms with van der Waals surface area (Å²) in [7, 11) is 0. The number of halogens is 1. The van der Waals surface area contributed by atoms with Gasteiger partial charge in [-0.05, 0) is 53.3 Å². The minimum absolute atomic E-state index is 0.329. The first-order valence-corrected chi connectivity index (χ1v) is 8.37. The summed E-state index contributed by atoms with van der Waals surface area (Å²) in [6, 6.07) is 9.85. The Hall–Kier alpha value is -1.54. The molecular weight excluding hydrogens is 399 g/mol. The summed E-state index contributed by atoms with van der Waals surface area (Å²) in [5.41, 5.74) is 9.54. The van der Waals surface area contributed by atoms with Gasteiger partial charge in [-0.3, -0.25) is 0 Å². The molecule has 0 bridgehead atoms. The molecule has 0 radical (unpaired) electrons. The SMILES string of the molecule is CCOc1ccc(-c2c(-c3csc(I)c3)noc2N)cc1. The molecule has 0 aliphatic heterocycles. The van der Waals surface area contributed by atoms with Gasteiger partial charge in [0.15, 0.2) is 0 Å². The molecule has 0 aliphatic carbocycles. The number of nitrogens with two attached hydrogens (primary N) is 1. The van der Waals surface area contributed by atoms with Crippen molar-refractivity contribution in [3.8, 4) is 28.1 Å². The van der Waals surface area contributed by atoms with Crippen molar-refractivity contribution < 1.29 is 9.26 Å². The largest absolute Gasteiger partial charge is 0.494 e. The Kier molecular flexibility index (Phi) is 4.16. The smallest absolute Gasteiger partial charge is 0.230 e. The molecule has 0 spiro atoms. The molecule has 0 aliphatic rings. The molecular formula is C15H13IN2O2S. The molecule has 0 atom stereocenters. The number of anilines is 1. The lowest BCUT2D eigenvalue weighted by Gasteiger charge is -2.05. The van der Waals surface area contributed by atoms with Gasteiger partial charge in [-0.25, -0.2) is 0 Å². The van der Waals surface area contributed by atoms with Gasteiger partial charge in [0, 0.05) is 10.9 Å². The number of nitrogens with zero attached hydrogens (tertiary/aromatic N) is 1. The number of ether oxygens (including phenoxy) is 1. The fraction of sp³-hybridized carbons (Fsp3) is 0.133. The van der Waals surface area contributed by atoms with Crippen molar-refractivity contribution in [2.75, 3.05) is 12.3 Å². The number of benzene rings is 1. The highest BCUT2D eigenvalue weighted by Gasteiger charge is 2.18. The lowest BCUT2D eigenvalue weighted by molar-refractivity contribution is 0.340. The van der Waals surface area contributed by atoms with Crippen molar-refractivity contribution >= 4 is 39.8 Å². The second kappa shape index (κ2) is 6.07. The van der Waals surface area contributed by atoms with E-state index in [9.17, 15) is 0 Å². The van der Waals surface area contributed by atoms with Crippen LogP contribution in [0, 0.1) is 2.88 Å². The lowest BCUT2D eigenvalue weighted by atomic mass is 10.0. The van der Waals surface area contributed by atoms with Crippen LogP contribution in [-0.4, -0.2) is 11.8 Å². The van der Waals surface area contributed by atoms with Crippen molar-refractivity contribution in [3.05, 3.63) is 38.6 Å². The second-order valence-electron chi connectivity index (χ2n) is 4.37. The zero-order chi connectivity index (χ0) is 14.8. The molecule has 4 nitrogen and oxygen atoms in total. The lowest BCUT2D eigenvalue weighted by Crippen LogP contribution is -1.91. The van der Waals surface area contributed by atoms with Crippen LogP contribution in [0.3, 0.4) is 0 Å². The van der Waals surface area contributed by atoms with Crippen LogP contribution in [0.15, 0.2) is 40.2 Å². The van der Waals surface area contributed by atoms with Crippen LogP contribution in [0.1, 0.15) is 6.92 Å². The Bertz CT molecular complexity index is 749. The zero-order valence-corrected chi connectivity index (χ0v) is 14.3. The molecule has 21 heavy (non-hydrogen) atoms. The van der Waals surface area contributed by atoms with E-state index in [0.717, 1.165) is 28.1 Å². The highest BCUT2D eigenvalue weighted by molar-refractivity contribution is 14.1. The van der Waals surface area contributed by atoms with E-state index < -0.39 is 0 Å². The minimum atomic E-state index is 0.329. The molecule has 2 N–H and O–H groups in total. The van der Waals surface area contributed by atoms with E-state index in [1.807, 2.05) is 31.2 Å². The zero-order valence-electron chi connectivity index (χ0n) is 11.3. The number of nitrogen functional groups attached to an aromatic ring is 1. The Labute approximate surface area is 140 Å². The maximum Gasteiger partial charge on any atom is 0.230 e. The highest BCUT2D eigenvalue weighted by atomic mass is 127. The molecule has 108 valence electrons. The highest BCUT2D eigenvalue weighted by Crippen LogP contribution is 2.38. The van der Waals surface area contributed by atoms with Crippen molar-refractivity contribution in [2.24, 2.45) is 0 Å². The second-order valence-corrected chi connectivity index (χ2v) is 7.17. The Morgan fingerprint density at radius 3 is 2.67 bits per heavy atom. The van der Waals surface area contributed by atoms with Crippen molar-refractivity contribution in [3.63, 3.8) is 0 Å². The predicted molar refractivity (Wildman–Crippen MR) is 93.6 cm³/mol. The van der Waals surface area contributed by atoms with Crippen LogP contribution < -0.4 is 10.5 Å². The van der Waals surface area contributed by atoms with Crippen LogP contribution in [0.4, 0.5) is 5.88 Å². The minimum Gasteiger partial charge on any atom is -0.494 e. The summed E-state index contributed by atoms with van der Waals surface area (Å²) in [5.74, 6) is 1.17. The van der Waals surface area contributed by atoms with E-state index in [1.54, 1.807) is 11.3 Å². The van der Waals surface area contributed by atoms with Gasteiger partial charge >= 0.3 is 0 Å². The predicted octanol–water partition coefficient (Wildman–Crippen LogP) is 4.66. The molecule has 0 amide bonds. The summed E-state index contributed by atoms with van der Waals surface area (Å²) in [6.45, 7) is 2.61. The third-order valence-electron chi connectivity index (χ3n) is 3.01. The number of thiophene rings is 1. The third kappa shape index (κ3) is 2.91. The Balaban J connectivity index is 2.04. The Morgan fingerprint density at radius 1 is 1.29 bits per heavy atom. The molecule has 2 aromatic heterocycles. The van der Waals surface area contributed by atoms with Crippen LogP contribution in [-0.2, 0) is 0 Å². The molecule has 0 saturated carbocycles. The fourth-order valence-corrected chi connectivity index (χ4v) is 3.43. The molecule has 6 heteroatoms. The van der Waals surface area contributed by atoms with Gasteiger partial charge in [-0.1, -0.05) is 17.3 Å². The fourth-order valence-electron chi connectivity index (χ4n) is 2.10. The number of aromatic nitrogens is 1. The normalized spacial score (nSPS) is 10.8. The van der Waals surface area contributed by atoms with Crippen LogP contribution >= 0.6 is 33.9 Å². The van der Waals surface area contributed by atoms with E-state index in [4.69, 9.17) is 15.0 Å². The van der Waals surface area contributed by atoms with Crippen molar-refractivity contribution in [2.45, 2.75) is 6.92 Å². The van der Waals surface area contributed by atoms with Gasteiger partial charge in [0.25, 0.3) is 0 Å². The summed E-state index contributed by atoms with van der Waals surface area (Å²) in [5, 5.41) is 6.16. The van der Waals surface area contributed by atoms with Crippen LogP contribution in [0.5, 0.6) is 5.75 Å². The number of hydrogen-bond acceptors (Lipinski definition) is 5. The van der Waals surface area contributed by atoms with Crippen molar-refractivity contribution in [1.29, 1.82) is 0 Å². The molecule has 2 heterocycles. The average molecular weight is 412 g/mol. The topological polar surface area (TPSA) is 61.3 Å². The van der Waals surface area contributed by atoms with Gasteiger partial charge in [0.05, 0.1) is 15.1 Å². The average Bonchev–Trinajstić information content (AvgIpc) is 3.06. The molecule has 3 aromatic rings. The van der Waals surface area contributed by atoms with Gasteiger partial charge in [-0.2, -0.15) is 0 Å².